The van der Waals surface area contributed by atoms with E-state index in [9.17, 15) is 0 Å². The minimum absolute atomic E-state index is 1.11. The first kappa shape index (κ1) is 32.4. The molecule has 0 bridgehead atoms. The number of nitrogens with zero attached hydrogens (tertiary/aromatic N) is 1. The van der Waals surface area contributed by atoms with E-state index < -0.39 is 0 Å². The van der Waals surface area contributed by atoms with E-state index in [0.717, 1.165) is 17.1 Å². The molecule has 262 valence electrons. The Morgan fingerprint density at radius 2 is 0.768 bits per heavy atom. The van der Waals surface area contributed by atoms with E-state index in [0.29, 0.717) is 0 Å². The Balaban J connectivity index is 1.23. The fourth-order valence-electron chi connectivity index (χ4n) is 8.76. The van der Waals surface area contributed by atoms with Gasteiger partial charge in [0, 0.05) is 36.9 Å². The quantitative estimate of drug-likeness (QED) is 0.154. The second kappa shape index (κ2) is 13.4. The molecule has 0 radical (unpaired) electrons. The molecule has 1 aromatic heterocycles. The third-order valence-electron chi connectivity index (χ3n) is 11.2. The largest absolute Gasteiger partial charge is 0.310 e. The van der Waals surface area contributed by atoms with Crippen LogP contribution in [0.3, 0.4) is 0 Å². The SMILES string of the molecule is c1ccc(-c2ccc(N(c3ccc4c(c3)sc3ccccc34)c3ccc4c(c3)c(-c3ccccc3)c(-c3ccccc3)c3ccccc34)c3ccccc23)cc1. The number of rotatable bonds is 6. The van der Waals surface area contributed by atoms with Crippen LogP contribution >= 0.6 is 11.3 Å². The van der Waals surface area contributed by atoms with Crippen LogP contribution < -0.4 is 4.90 Å². The van der Waals surface area contributed by atoms with E-state index in [1.54, 1.807) is 0 Å². The average Bonchev–Trinajstić information content (AvgIpc) is 3.65. The third-order valence-corrected chi connectivity index (χ3v) is 12.4. The fourth-order valence-corrected chi connectivity index (χ4v) is 9.90. The van der Waals surface area contributed by atoms with Crippen molar-refractivity contribution >= 4 is 80.9 Å². The molecule has 0 aliphatic rings. The third kappa shape index (κ3) is 5.30. The molecular formula is C54H35NS. The molecule has 0 aliphatic carbocycles. The predicted octanol–water partition coefficient (Wildman–Crippen LogP) is 16.0. The second-order valence-corrected chi connectivity index (χ2v) is 15.5. The van der Waals surface area contributed by atoms with Crippen LogP contribution in [0.1, 0.15) is 0 Å². The second-order valence-electron chi connectivity index (χ2n) is 14.4. The van der Waals surface area contributed by atoms with Gasteiger partial charge >= 0.3 is 0 Å². The Bertz CT molecular complexity index is 3240. The van der Waals surface area contributed by atoms with E-state index in [-0.39, 0.29) is 0 Å². The highest BCUT2D eigenvalue weighted by molar-refractivity contribution is 7.25. The molecule has 11 aromatic rings. The van der Waals surface area contributed by atoms with Crippen molar-refractivity contribution in [2.45, 2.75) is 0 Å². The summed E-state index contributed by atoms with van der Waals surface area (Å²) < 4.78 is 2.59. The highest BCUT2D eigenvalue weighted by Gasteiger charge is 2.22. The van der Waals surface area contributed by atoms with Gasteiger partial charge in [-0.15, -0.1) is 11.3 Å². The van der Waals surface area contributed by atoms with Crippen LogP contribution in [0.25, 0.3) is 85.9 Å². The van der Waals surface area contributed by atoms with Gasteiger partial charge in [0.1, 0.15) is 0 Å². The standard InChI is InChI=1S/C54H35NS/c1-4-16-36(17-5-1)41-32-33-50(45-24-12-10-22-42(41)45)55(40-29-31-47-46-25-14-15-27-51(46)56-52(47)35-40)39-28-30-44-43-23-11-13-26-48(43)53(37-18-6-2-7-19-37)54(49(44)34-39)38-20-8-3-9-21-38/h1-35H. The van der Waals surface area contributed by atoms with E-state index in [1.165, 1.54) is 85.9 Å². The Labute approximate surface area is 330 Å². The van der Waals surface area contributed by atoms with E-state index >= 15 is 0 Å². The van der Waals surface area contributed by atoms with Gasteiger partial charge in [-0.1, -0.05) is 176 Å². The molecule has 0 saturated carbocycles. The van der Waals surface area contributed by atoms with Gasteiger partial charge in [-0.2, -0.15) is 0 Å². The maximum Gasteiger partial charge on any atom is 0.0540 e. The molecule has 0 spiro atoms. The molecule has 0 atom stereocenters. The summed E-state index contributed by atoms with van der Waals surface area (Å²) >= 11 is 1.86. The molecule has 0 N–H and O–H groups in total. The summed E-state index contributed by atoms with van der Waals surface area (Å²) in [6.45, 7) is 0. The van der Waals surface area contributed by atoms with Crippen molar-refractivity contribution in [3.63, 3.8) is 0 Å². The van der Waals surface area contributed by atoms with Crippen LogP contribution in [0.15, 0.2) is 212 Å². The molecule has 2 heteroatoms. The molecule has 11 rings (SSSR count). The Morgan fingerprint density at radius 3 is 1.46 bits per heavy atom. The summed E-state index contributed by atoms with van der Waals surface area (Å²) in [6, 6.07) is 77.8. The first-order valence-electron chi connectivity index (χ1n) is 19.2. The molecule has 0 saturated heterocycles. The number of anilines is 3. The van der Waals surface area contributed by atoms with Crippen molar-refractivity contribution in [3.05, 3.63) is 212 Å². The number of fused-ring (bicyclic) bond motifs is 7. The Hall–Kier alpha value is -7.00. The van der Waals surface area contributed by atoms with Crippen molar-refractivity contribution in [1.82, 2.24) is 0 Å². The lowest BCUT2D eigenvalue weighted by molar-refractivity contribution is 1.31. The summed E-state index contributed by atoms with van der Waals surface area (Å²) in [5.74, 6) is 0. The molecule has 0 amide bonds. The van der Waals surface area contributed by atoms with Crippen molar-refractivity contribution in [2.24, 2.45) is 0 Å². The van der Waals surface area contributed by atoms with Crippen molar-refractivity contribution in [1.29, 1.82) is 0 Å². The van der Waals surface area contributed by atoms with Crippen LogP contribution in [0.4, 0.5) is 17.1 Å². The lowest BCUT2D eigenvalue weighted by Crippen LogP contribution is -2.11. The fraction of sp³-hybridized carbons (Fsp3) is 0. The Kier molecular flexibility index (Phi) is 7.75. The average molecular weight is 730 g/mol. The van der Waals surface area contributed by atoms with Crippen LogP contribution in [-0.2, 0) is 0 Å². The molecule has 1 heterocycles. The van der Waals surface area contributed by atoms with Gasteiger partial charge in [0.15, 0.2) is 0 Å². The van der Waals surface area contributed by atoms with Gasteiger partial charge in [0.25, 0.3) is 0 Å². The van der Waals surface area contributed by atoms with Crippen LogP contribution in [0.2, 0.25) is 0 Å². The topological polar surface area (TPSA) is 3.24 Å². The minimum Gasteiger partial charge on any atom is -0.310 e. The zero-order valence-corrected chi connectivity index (χ0v) is 31.4. The van der Waals surface area contributed by atoms with E-state index in [4.69, 9.17) is 0 Å². The smallest absolute Gasteiger partial charge is 0.0540 e. The molecule has 1 nitrogen and oxygen atoms in total. The maximum absolute atomic E-state index is 2.48. The lowest BCUT2D eigenvalue weighted by Gasteiger charge is -2.28. The maximum atomic E-state index is 2.48. The molecule has 0 aliphatic heterocycles. The molecule has 0 unspecified atom stereocenters. The summed E-state index contributed by atoms with van der Waals surface area (Å²) in [5, 5.41) is 10.0. The van der Waals surface area contributed by atoms with Crippen molar-refractivity contribution in [3.8, 4) is 33.4 Å². The lowest BCUT2D eigenvalue weighted by atomic mass is 9.85. The monoisotopic (exact) mass is 729 g/mol. The summed E-state index contributed by atoms with van der Waals surface area (Å²) in [6.07, 6.45) is 0. The molecule has 10 aromatic carbocycles. The van der Waals surface area contributed by atoms with E-state index in [2.05, 4.69) is 217 Å². The van der Waals surface area contributed by atoms with Gasteiger partial charge in [0.05, 0.1) is 5.69 Å². The predicted molar refractivity (Wildman–Crippen MR) is 243 cm³/mol. The first-order valence-corrected chi connectivity index (χ1v) is 20.0. The van der Waals surface area contributed by atoms with Crippen LogP contribution in [0.5, 0.6) is 0 Å². The summed E-state index contributed by atoms with van der Waals surface area (Å²) in [5.41, 5.74) is 10.8. The van der Waals surface area contributed by atoms with Crippen LogP contribution in [0, 0.1) is 0 Å². The van der Waals surface area contributed by atoms with E-state index in [1.807, 2.05) is 11.3 Å². The van der Waals surface area contributed by atoms with Gasteiger partial charge < -0.3 is 4.90 Å². The van der Waals surface area contributed by atoms with Crippen LogP contribution in [-0.4, -0.2) is 0 Å². The number of benzene rings is 10. The van der Waals surface area contributed by atoms with Gasteiger partial charge in [0.2, 0.25) is 0 Å². The van der Waals surface area contributed by atoms with Crippen molar-refractivity contribution in [2.75, 3.05) is 4.90 Å². The molecule has 0 fully saturated rings. The first-order chi connectivity index (χ1) is 27.8. The van der Waals surface area contributed by atoms with Crippen molar-refractivity contribution < 1.29 is 0 Å². The highest BCUT2D eigenvalue weighted by atomic mass is 32.1. The van der Waals surface area contributed by atoms with Gasteiger partial charge in [-0.3, -0.25) is 0 Å². The normalized spacial score (nSPS) is 11.6. The molecule has 56 heavy (non-hydrogen) atoms. The Morgan fingerprint density at radius 1 is 0.286 bits per heavy atom. The van der Waals surface area contributed by atoms with Gasteiger partial charge in [-0.05, 0) is 96.7 Å². The summed E-state index contributed by atoms with van der Waals surface area (Å²) in [7, 11) is 0. The van der Waals surface area contributed by atoms with Gasteiger partial charge in [-0.25, -0.2) is 0 Å². The zero-order valence-electron chi connectivity index (χ0n) is 30.6. The zero-order chi connectivity index (χ0) is 37.0. The molecular weight excluding hydrogens is 695 g/mol. The number of thiophene rings is 1. The summed E-state index contributed by atoms with van der Waals surface area (Å²) in [4.78, 5) is 2.48. The number of hydrogen-bond donors (Lipinski definition) is 0. The minimum atomic E-state index is 1.11. The number of hydrogen-bond acceptors (Lipinski definition) is 2. The highest BCUT2D eigenvalue weighted by Crippen LogP contribution is 2.49.